The molecule has 0 aromatic heterocycles. The van der Waals surface area contributed by atoms with Crippen molar-refractivity contribution in [2.75, 3.05) is 13.1 Å². The third-order valence-electron chi connectivity index (χ3n) is 5.21. The molecule has 18 heavy (non-hydrogen) atoms. The zero-order valence-electron chi connectivity index (χ0n) is 12.8. The predicted molar refractivity (Wildman–Crippen MR) is 78.9 cm³/mol. The summed E-state index contributed by atoms with van der Waals surface area (Å²) in [5, 5.41) is 3.78. The minimum Gasteiger partial charge on any atom is -0.311 e. The van der Waals surface area contributed by atoms with E-state index in [4.69, 9.17) is 0 Å². The zero-order valence-corrected chi connectivity index (χ0v) is 12.8. The molecule has 0 bridgehead atoms. The van der Waals surface area contributed by atoms with Gasteiger partial charge in [-0.15, -0.1) is 0 Å². The molecule has 0 amide bonds. The quantitative estimate of drug-likeness (QED) is 0.825. The van der Waals surface area contributed by atoms with Crippen LogP contribution in [0.2, 0.25) is 0 Å². The Balaban J connectivity index is 2.09. The summed E-state index contributed by atoms with van der Waals surface area (Å²) in [4.78, 5) is 2.88. The highest BCUT2D eigenvalue weighted by Crippen LogP contribution is 2.38. The summed E-state index contributed by atoms with van der Waals surface area (Å²) in [6.45, 7) is 12.1. The third kappa shape index (κ3) is 2.91. The monoisotopic (exact) mass is 252 g/mol. The molecule has 2 atom stereocenters. The number of nitrogens with one attached hydrogen (secondary N) is 1. The van der Waals surface area contributed by atoms with Gasteiger partial charge in [0.05, 0.1) is 0 Å². The Morgan fingerprint density at radius 1 is 1.28 bits per heavy atom. The lowest BCUT2D eigenvalue weighted by Crippen LogP contribution is -2.64. The van der Waals surface area contributed by atoms with E-state index in [1.54, 1.807) is 0 Å². The Morgan fingerprint density at radius 2 is 1.94 bits per heavy atom. The van der Waals surface area contributed by atoms with Crippen molar-refractivity contribution in [3.63, 3.8) is 0 Å². The molecule has 1 saturated heterocycles. The SMILES string of the molecule is CCCC1CN(C2(C)CCCC2)C(C(C)C)CN1. The maximum absolute atomic E-state index is 3.78. The smallest absolute Gasteiger partial charge is 0.0249 e. The van der Waals surface area contributed by atoms with Crippen LogP contribution in [-0.4, -0.2) is 35.6 Å². The molecule has 1 aliphatic carbocycles. The molecule has 1 N–H and O–H groups in total. The van der Waals surface area contributed by atoms with E-state index in [1.807, 2.05) is 0 Å². The molecule has 0 radical (unpaired) electrons. The number of rotatable bonds is 4. The van der Waals surface area contributed by atoms with E-state index in [9.17, 15) is 0 Å². The van der Waals surface area contributed by atoms with Gasteiger partial charge in [-0.05, 0) is 32.1 Å². The normalized spacial score (nSPS) is 33.2. The zero-order chi connectivity index (χ0) is 13.2. The molecule has 2 unspecified atom stereocenters. The topological polar surface area (TPSA) is 15.3 Å². The molecule has 2 fully saturated rings. The summed E-state index contributed by atoms with van der Waals surface area (Å²) in [7, 11) is 0. The van der Waals surface area contributed by atoms with Crippen LogP contribution in [-0.2, 0) is 0 Å². The van der Waals surface area contributed by atoms with Gasteiger partial charge in [0.2, 0.25) is 0 Å². The van der Waals surface area contributed by atoms with Crippen LogP contribution in [0.15, 0.2) is 0 Å². The van der Waals surface area contributed by atoms with Crippen LogP contribution in [0.1, 0.15) is 66.2 Å². The van der Waals surface area contributed by atoms with Crippen molar-refractivity contribution in [3.8, 4) is 0 Å². The minimum absolute atomic E-state index is 0.489. The van der Waals surface area contributed by atoms with E-state index in [2.05, 4.69) is 37.9 Å². The van der Waals surface area contributed by atoms with Gasteiger partial charge in [0.25, 0.3) is 0 Å². The lowest BCUT2D eigenvalue weighted by molar-refractivity contribution is 0.00227. The van der Waals surface area contributed by atoms with Crippen LogP contribution in [0.5, 0.6) is 0 Å². The van der Waals surface area contributed by atoms with Crippen molar-refractivity contribution in [2.45, 2.75) is 83.8 Å². The Morgan fingerprint density at radius 3 is 2.50 bits per heavy atom. The maximum Gasteiger partial charge on any atom is 0.0249 e. The molecular weight excluding hydrogens is 220 g/mol. The second-order valence-corrected chi connectivity index (χ2v) is 7.06. The Labute approximate surface area is 114 Å². The van der Waals surface area contributed by atoms with Gasteiger partial charge in [-0.3, -0.25) is 4.90 Å². The average Bonchev–Trinajstić information content (AvgIpc) is 2.77. The molecule has 2 nitrogen and oxygen atoms in total. The second-order valence-electron chi connectivity index (χ2n) is 7.06. The molecule has 1 heterocycles. The highest BCUT2D eigenvalue weighted by molar-refractivity contribution is 4.99. The molecular formula is C16H32N2. The number of piperazine rings is 1. The van der Waals surface area contributed by atoms with Crippen LogP contribution in [0.4, 0.5) is 0 Å². The molecule has 0 aromatic carbocycles. The molecule has 1 saturated carbocycles. The average molecular weight is 252 g/mol. The first kappa shape index (κ1) is 14.3. The Bertz CT molecular complexity index is 256. The fourth-order valence-electron chi connectivity index (χ4n) is 4.02. The summed E-state index contributed by atoms with van der Waals surface area (Å²) < 4.78 is 0. The van der Waals surface area contributed by atoms with E-state index in [1.165, 1.54) is 51.6 Å². The van der Waals surface area contributed by atoms with Gasteiger partial charge in [0, 0.05) is 30.7 Å². The first-order valence-electron chi connectivity index (χ1n) is 8.07. The Kier molecular flexibility index (Phi) is 4.71. The summed E-state index contributed by atoms with van der Waals surface area (Å²) >= 11 is 0. The van der Waals surface area contributed by atoms with Crippen molar-refractivity contribution in [1.29, 1.82) is 0 Å². The van der Waals surface area contributed by atoms with E-state index in [0.717, 1.165) is 18.0 Å². The van der Waals surface area contributed by atoms with Crippen molar-refractivity contribution < 1.29 is 0 Å². The third-order valence-corrected chi connectivity index (χ3v) is 5.21. The largest absolute Gasteiger partial charge is 0.311 e. The summed E-state index contributed by atoms with van der Waals surface area (Å²) in [6, 6.07) is 1.46. The van der Waals surface area contributed by atoms with E-state index in [0.29, 0.717) is 5.54 Å². The van der Waals surface area contributed by atoms with Crippen LogP contribution in [0.3, 0.4) is 0 Å². The van der Waals surface area contributed by atoms with E-state index in [-0.39, 0.29) is 0 Å². The highest BCUT2D eigenvalue weighted by atomic mass is 15.3. The van der Waals surface area contributed by atoms with Gasteiger partial charge in [-0.2, -0.15) is 0 Å². The van der Waals surface area contributed by atoms with Crippen LogP contribution in [0, 0.1) is 5.92 Å². The lowest BCUT2D eigenvalue weighted by Gasteiger charge is -2.50. The Hall–Kier alpha value is -0.0800. The van der Waals surface area contributed by atoms with Crippen molar-refractivity contribution in [1.82, 2.24) is 10.2 Å². The minimum atomic E-state index is 0.489. The molecule has 106 valence electrons. The fourth-order valence-corrected chi connectivity index (χ4v) is 4.02. The van der Waals surface area contributed by atoms with Crippen LogP contribution in [0.25, 0.3) is 0 Å². The highest BCUT2D eigenvalue weighted by Gasteiger charge is 2.42. The van der Waals surface area contributed by atoms with Gasteiger partial charge in [-0.25, -0.2) is 0 Å². The fraction of sp³-hybridized carbons (Fsp3) is 1.00. The molecule has 2 heteroatoms. The summed E-state index contributed by atoms with van der Waals surface area (Å²) in [5.74, 6) is 0.762. The second kappa shape index (κ2) is 5.92. The maximum atomic E-state index is 3.78. The van der Waals surface area contributed by atoms with Gasteiger partial charge < -0.3 is 5.32 Å². The molecule has 2 aliphatic rings. The molecule has 1 aliphatic heterocycles. The van der Waals surface area contributed by atoms with E-state index >= 15 is 0 Å². The van der Waals surface area contributed by atoms with Crippen molar-refractivity contribution in [2.24, 2.45) is 5.92 Å². The predicted octanol–water partition coefficient (Wildman–Crippen LogP) is 3.42. The van der Waals surface area contributed by atoms with Gasteiger partial charge in [0.15, 0.2) is 0 Å². The number of nitrogens with zero attached hydrogens (tertiary/aromatic N) is 1. The molecule has 0 aromatic rings. The van der Waals surface area contributed by atoms with Crippen molar-refractivity contribution >= 4 is 0 Å². The van der Waals surface area contributed by atoms with E-state index < -0.39 is 0 Å². The first-order valence-corrected chi connectivity index (χ1v) is 8.07. The van der Waals surface area contributed by atoms with Crippen molar-refractivity contribution in [3.05, 3.63) is 0 Å². The van der Waals surface area contributed by atoms with Gasteiger partial charge >= 0.3 is 0 Å². The summed E-state index contributed by atoms with van der Waals surface area (Å²) in [6.07, 6.45) is 8.32. The standard InChI is InChI=1S/C16H32N2/c1-5-8-14-12-18(15(11-17-14)13(2)3)16(4)9-6-7-10-16/h13-15,17H,5-12H2,1-4H3. The molecule has 2 rings (SSSR count). The first-order chi connectivity index (χ1) is 8.57. The molecule has 0 spiro atoms. The van der Waals surface area contributed by atoms with Crippen LogP contribution < -0.4 is 5.32 Å². The number of hydrogen-bond donors (Lipinski definition) is 1. The summed E-state index contributed by atoms with van der Waals surface area (Å²) in [5.41, 5.74) is 0.489. The number of hydrogen-bond acceptors (Lipinski definition) is 2. The van der Waals surface area contributed by atoms with Crippen LogP contribution >= 0.6 is 0 Å². The van der Waals surface area contributed by atoms with Gasteiger partial charge in [0.1, 0.15) is 0 Å². The lowest BCUT2D eigenvalue weighted by atomic mass is 9.88. The van der Waals surface area contributed by atoms with Gasteiger partial charge in [-0.1, -0.05) is 40.0 Å².